The first-order valence-electron chi connectivity index (χ1n) is 5.61. The topological polar surface area (TPSA) is 17.8 Å². The minimum atomic E-state index is 0.701. The standard InChI is InChI=1S/C11H16I2N2/c1-2-8-5-3-4-6-9(8)15-7-14-10(12)11(15)13/h7-9H,2-6H2,1H3. The molecule has 15 heavy (non-hydrogen) atoms. The van der Waals surface area contributed by atoms with Gasteiger partial charge < -0.3 is 4.57 Å². The number of rotatable bonds is 2. The summed E-state index contributed by atoms with van der Waals surface area (Å²) in [5, 5.41) is 0. The molecule has 1 saturated carbocycles. The van der Waals surface area contributed by atoms with Crippen LogP contribution in [0.3, 0.4) is 0 Å². The molecule has 1 heterocycles. The van der Waals surface area contributed by atoms with E-state index in [2.05, 4.69) is 61.7 Å². The summed E-state index contributed by atoms with van der Waals surface area (Å²) < 4.78 is 4.86. The Morgan fingerprint density at radius 3 is 2.73 bits per heavy atom. The van der Waals surface area contributed by atoms with Gasteiger partial charge in [-0.15, -0.1) is 0 Å². The van der Waals surface area contributed by atoms with Crippen LogP contribution >= 0.6 is 45.2 Å². The molecule has 0 aromatic carbocycles. The molecule has 2 nitrogen and oxygen atoms in total. The molecule has 1 aromatic heterocycles. The van der Waals surface area contributed by atoms with Gasteiger partial charge in [0.15, 0.2) is 0 Å². The maximum atomic E-state index is 4.40. The van der Waals surface area contributed by atoms with Gasteiger partial charge in [0.1, 0.15) is 7.40 Å². The third-order valence-corrected chi connectivity index (χ3v) is 6.33. The molecule has 4 heteroatoms. The monoisotopic (exact) mass is 430 g/mol. The highest BCUT2D eigenvalue weighted by Gasteiger charge is 2.26. The van der Waals surface area contributed by atoms with E-state index in [-0.39, 0.29) is 0 Å². The van der Waals surface area contributed by atoms with E-state index in [0.717, 1.165) is 9.62 Å². The van der Waals surface area contributed by atoms with Gasteiger partial charge in [0.2, 0.25) is 0 Å². The maximum Gasteiger partial charge on any atom is 0.132 e. The van der Waals surface area contributed by atoms with Gasteiger partial charge in [-0.1, -0.05) is 26.2 Å². The Hall–Kier alpha value is 0.670. The van der Waals surface area contributed by atoms with Crippen molar-refractivity contribution in [2.24, 2.45) is 5.92 Å². The summed E-state index contributed by atoms with van der Waals surface area (Å²) in [5.41, 5.74) is 0. The molecular weight excluding hydrogens is 414 g/mol. The third kappa shape index (κ3) is 2.50. The highest BCUT2D eigenvalue weighted by Crippen LogP contribution is 2.37. The van der Waals surface area contributed by atoms with Crippen LogP contribution < -0.4 is 0 Å². The lowest BCUT2D eigenvalue weighted by Crippen LogP contribution is -2.23. The van der Waals surface area contributed by atoms with Crippen LogP contribution in [0.25, 0.3) is 0 Å². The average Bonchev–Trinajstić information content (AvgIpc) is 2.60. The summed E-state index contributed by atoms with van der Waals surface area (Å²) in [6.07, 6.45) is 8.86. The van der Waals surface area contributed by atoms with Crippen molar-refractivity contribution in [2.75, 3.05) is 0 Å². The highest BCUT2D eigenvalue weighted by molar-refractivity contribution is 14.1. The summed E-state index contributed by atoms with van der Waals surface area (Å²) >= 11 is 4.74. The van der Waals surface area contributed by atoms with Crippen molar-refractivity contribution in [2.45, 2.75) is 45.1 Å². The van der Waals surface area contributed by atoms with Gasteiger partial charge in [-0.25, -0.2) is 4.98 Å². The molecule has 0 aliphatic heterocycles. The molecule has 1 fully saturated rings. The number of hydrogen-bond acceptors (Lipinski definition) is 1. The summed E-state index contributed by atoms with van der Waals surface area (Å²) in [6, 6.07) is 0.701. The fraction of sp³-hybridized carbons (Fsp3) is 0.727. The Morgan fingerprint density at radius 2 is 2.13 bits per heavy atom. The minimum absolute atomic E-state index is 0.701. The molecule has 1 aliphatic rings. The molecule has 0 spiro atoms. The molecule has 84 valence electrons. The number of nitrogens with zero attached hydrogens (tertiary/aromatic N) is 2. The zero-order valence-electron chi connectivity index (χ0n) is 8.92. The van der Waals surface area contributed by atoms with E-state index in [1.54, 1.807) is 0 Å². The Kier molecular flexibility index (Phi) is 4.32. The van der Waals surface area contributed by atoms with E-state index in [0.29, 0.717) is 6.04 Å². The van der Waals surface area contributed by atoms with Crippen LogP contribution in [-0.4, -0.2) is 9.55 Å². The van der Waals surface area contributed by atoms with Crippen LogP contribution in [-0.2, 0) is 0 Å². The second-order valence-corrected chi connectivity index (χ2v) is 6.30. The van der Waals surface area contributed by atoms with Gasteiger partial charge in [-0.3, -0.25) is 0 Å². The fourth-order valence-corrected chi connectivity index (χ4v) is 3.61. The van der Waals surface area contributed by atoms with Gasteiger partial charge in [0, 0.05) is 6.04 Å². The van der Waals surface area contributed by atoms with Gasteiger partial charge in [0.25, 0.3) is 0 Å². The molecule has 0 radical (unpaired) electrons. The van der Waals surface area contributed by atoms with Crippen molar-refractivity contribution in [1.29, 1.82) is 0 Å². The molecule has 1 aromatic rings. The van der Waals surface area contributed by atoms with Gasteiger partial charge in [0.05, 0.1) is 6.33 Å². The van der Waals surface area contributed by atoms with Crippen molar-refractivity contribution in [3.8, 4) is 0 Å². The van der Waals surface area contributed by atoms with Crippen molar-refractivity contribution in [3.63, 3.8) is 0 Å². The van der Waals surface area contributed by atoms with Gasteiger partial charge in [-0.05, 0) is 63.9 Å². The van der Waals surface area contributed by atoms with Crippen LogP contribution in [0.15, 0.2) is 6.33 Å². The smallest absolute Gasteiger partial charge is 0.132 e. The number of halogens is 2. The fourth-order valence-electron chi connectivity index (χ4n) is 2.59. The molecule has 2 unspecified atom stereocenters. The van der Waals surface area contributed by atoms with Crippen molar-refractivity contribution in [1.82, 2.24) is 9.55 Å². The second kappa shape index (κ2) is 5.33. The van der Waals surface area contributed by atoms with Crippen LogP contribution in [0.1, 0.15) is 45.1 Å². The summed E-state index contributed by atoms with van der Waals surface area (Å²) in [7, 11) is 0. The van der Waals surface area contributed by atoms with E-state index in [4.69, 9.17) is 0 Å². The Balaban J connectivity index is 2.24. The van der Waals surface area contributed by atoms with Gasteiger partial charge in [-0.2, -0.15) is 0 Å². The van der Waals surface area contributed by atoms with Crippen molar-refractivity contribution < 1.29 is 0 Å². The predicted molar refractivity (Wildman–Crippen MR) is 78.9 cm³/mol. The lowest BCUT2D eigenvalue weighted by Gasteiger charge is -2.32. The first-order chi connectivity index (χ1) is 7.24. The van der Waals surface area contributed by atoms with E-state index in [9.17, 15) is 0 Å². The minimum Gasteiger partial charge on any atom is -0.322 e. The first-order valence-corrected chi connectivity index (χ1v) is 7.77. The Morgan fingerprint density at radius 1 is 1.40 bits per heavy atom. The van der Waals surface area contributed by atoms with Crippen LogP contribution in [0, 0.1) is 13.3 Å². The second-order valence-electron chi connectivity index (χ2n) is 4.25. The number of hydrogen-bond donors (Lipinski definition) is 0. The largest absolute Gasteiger partial charge is 0.322 e. The first kappa shape index (κ1) is 12.1. The predicted octanol–water partition coefficient (Wildman–Crippen LogP) is 4.23. The number of imidazole rings is 1. The zero-order valence-corrected chi connectivity index (χ0v) is 13.2. The summed E-state index contributed by atoms with van der Waals surface area (Å²) in [5.74, 6) is 0.859. The van der Waals surface area contributed by atoms with Crippen LogP contribution in [0.2, 0.25) is 0 Å². The molecular formula is C11H16I2N2. The van der Waals surface area contributed by atoms with E-state index in [1.165, 1.54) is 35.8 Å². The van der Waals surface area contributed by atoms with E-state index < -0.39 is 0 Å². The number of aromatic nitrogens is 2. The molecule has 0 bridgehead atoms. The van der Waals surface area contributed by atoms with Crippen LogP contribution in [0.4, 0.5) is 0 Å². The quantitative estimate of drug-likeness (QED) is 0.643. The molecule has 2 atom stereocenters. The van der Waals surface area contributed by atoms with Crippen molar-refractivity contribution >= 4 is 45.2 Å². The zero-order chi connectivity index (χ0) is 10.8. The molecule has 1 aliphatic carbocycles. The Bertz CT molecular complexity index is 335. The lowest BCUT2D eigenvalue weighted by molar-refractivity contribution is 0.229. The molecule has 0 N–H and O–H groups in total. The third-order valence-electron chi connectivity index (χ3n) is 3.44. The lowest BCUT2D eigenvalue weighted by atomic mass is 9.83. The van der Waals surface area contributed by atoms with Gasteiger partial charge >= 0.3 is 0 Å². The molecule has 2 rings (SSSR count). The Labute approximate surface area is 119 Å². The average molecular weight is 430 g/mol. The summed E-state index contributed by atoms with van der Waals surface area (Å²) in [6.45, 7) is 2.32. The molecule has 0 saturated heterocycles. The normalized spacial score (nSPS) is 26.9. The SMILES string of the molecule is CCC1CCCCC1n1cnc(I)c1I. The van der Waals surface area contributed by atoms with Crippen molar-refractivity contribution in [3.05, 3.63) is 13.7 Å². The van der Waals surface area contributed by atoms with E-state index >= 15 is 0 Å². The molecule has 0 amide bonds. The summed E-state index contributed by atoms with van der Waals surface area (Å²) in [4.78, 5) is 4.40. The highest BCUT2D eigenvalue weighted by atomic mass is 127. The maximum absolute atomic E-state index is 4.40. The van der Waals surface area contributed by atoms with E-state index in [1.807, 2.05) is 6.33 Å². The van der Waals surface area contributed by atoms with Crippen LogP contribution in [0.5, 0.6) is 0 Å².